The zero-order valence-corrected chi connectivity index (χ0v) is 6.05. The van der Waals surface area contributed by atoms with E-state index in [1.54, 1.807) is 6.07 Å². The van der Waals surface area contributed by atoms with Crippen LogP contribution in [0.1, 0.15) is 5.56 Å². The maximum absolute atomic E-state index is 5.76. The Morgan fingerprint density at radius 1 is 1.40 bits per heavy atom. The van der Waals surface area contributed by atoms with Crippen molar-refractivity contribution < 1.29 is 0 Å². The van der Waals surface area contributed by atoms with Crippen LogP contribution < -0.4 is 5.84 Å². The van der Waals surface area contributed by atoms with E-state index in [1.807, 2.05) is 18.2 Å². The van der Waals surface area contributed by atoms with E-state index in [1.165, 1.54) is 6.21 Å². The van der Waals surface area contributed by atoms with Crippen molar-refractivity contribution in [3.8, 4) is 0 Å². The predicted octanol–water partition coefficient (Wildman–Crippen LogP) is 1.63. The molecule has 0 aromatic heterocycles. The minimum atomic E-state index is 0.664. The second kappa shape index (κ2) is 3.22. The Hall–Kier alpha value is -1.02. The smallest absolute Gasteiger partial charge is 0.0553 e. The molecule has 0 radical (unpaired) electrons. The minimum Gasteiger partial charge on any atom is -0.323 e. The highest BCUT2D eigenvalue weighted by Crippen LogP contribution is 2.11. The van der Waals surface area contributed by atoms with E-state index in [0.29, 0.717) is 5.02 Å². The molecule has 0 spiro atoms. The Balaban J connectivity index is 3.03. The molecule has 0 saturated carbocycles. The summed E-state index contributed by atoms with van der Waals surface area (Å²) in [5.74, 6) is 4.94. The summed E-state index contributed by atoms with van der Waals surface area (Å²) in [4.78, 5) is 0. The molecule has 1 aromatic rings. The molecule has 2 nitrogen and oxygen atoms in total. The van der Waals surface area contributed by atoms with Crippen LogP contribution in [0.25, 0.3) is 0 Å². The molecule has 0 heterocycles. The third-order valence-electron chi connectivity index (χ3n) is 1.12. The van der Waals surface area contributed by atoms with Crippen molar-refractivity contribution >= 4 is 17.8 Å². The van der Waals surface area contributed by atoms with Gasteiger partial charge in [-0.2, -0.15) is 5.10 Å². The average molecular weight is 155 g/mol. The lowest BCUT2D eigenvalue weighted by Gasteiger charge is -1.92. The summed E-state index contributed by atoms with van der Waals surface area (Å²) in [6.07, 6.45) is 1.52. The Labute approximate surface area is 64.3 Å². The highest BCUT2D eigenvalue weighted by atomic mass is 35.5. The first kappa shape index (κ1) is 7.09. The van der Waals surface area contributed by atoms with Gasteiger partial charge in [0.05, 0.1) is 6.21 Å². The Morgan fingerprint density at radius 3 is 2.70 bits per heavy atom. The van der Waals surface area contributed by atoms with Crippen LogP contribution in [-0.4, -0.2) is 6.21 Å². The maximum atomic E-state index is 5.76. The number of benzene rings is 1. The zero-order chi connectivity index (χ0) is 7.40. The maximum Gasteiger partial charge on any atom is 0.0553 e. The summed E-state index contributed by atoms with van der Waals surface area (Å²) in [6, 6.07) is 7.37. The summed E-state index contributed by atoms with van der Waals surface area (Å²) in [5, 5.41) is 4.02. The first-order chi connectivity index (χ1) is 4.84. The molecule has 2 N–H and O–H groups in total. The second-order valence-corrected chi connectivity index (χ2v) is 2.21. The summed E-state index contributed by atoms with van der Waals surface area (Å²) in [6.45, 7) is 0. The molecular weight excluding hydrogens is 148 g/mol. The van der Waals surface area contributed by atoms with Gasteiger partial charge in [-0.3, -0.25) is 0 Å². The standard InChI is InChI=1S/C7H7ClN2/c8-7-4-2-1-3-6(7)5-10-9/h1-5H,9H2. The van der Waals surface area contributed by atoms with Gasteiger partial charge in [-0.15, -0.1) is 0 Å². The van der Waals surface area contributed by atoms with Crippen LogP contribution in [0, 0.1) is 0 Å². The summed E-state index contributed by atoms with van der Waals surface area (Å²) in [7, 11) is 0. The molecule has 0 aliphatic rings. The molecule has 0 saturated heterocycles. The Bertz CT molecular complexity index is 245. The third-order valence-corrected chi connectivity index (χ3v) is 1.46. The van der Waals surface area contributed by atoms with Crippen LogP contribution in [0.2, 0.25) is 5.02 Å². The van der Waals surface area contributed by atoms with Gasteiger partial charge in [0.2, 0.25) is 0 Å². The molecule has 0 unspecified atom stereocenters. The van der Waals surface area contributed by atoms with Gasteiger partial charge >= 0.3 is 0 Å². The van der Waals surface area contributed by atoms with Gasteiger partial charge in [0.15, 0.2) is 0 Å². The van der Waals surface area contributed by atoms with E-state index in [0.717, 1.165) is 5.56 Å². The third kappa shape index (κ3) is 1.48. The van der Waals surface area contributed by atoms with Crippen LogP contribution in [-0.2, 0) is 0 Å². The molecule has 0 fully saturated rings. The number of hydrazone groups is 1. The Kier molecular flexibility index (Phi) is 2.29. The Morgan fingerprint density at radius 2 is 2.10 bits per heavy atom. The fourth-order valence-electron chi connectivity index (χ4n) is 0.660. The highest BCUT2D eigenvalue weighted by molar-refractivity contribution is 6.33. The molecule has 0 bridgehead atoms. The van der Waals surface area contributed by atoms with E-state index in [2.05, 4.69) is 5.10 Å². The van der Waals surface area contributed by atoms with Gasteiger partial charge in [-0.25, -0.2) is 0 Å². The van der Waals surface area contributed by atoms with E-state index >= 15 is 0 Å². The normalized spacial score (nSPS) is 10.5. The van der Waals surface area contributed by atoms with Gasteiger partial charge in [-0.1, -0.05) is 29.8 Å². The van der Waals surface area contributed by atoms with Crippen LogP contribution in [0.15, 0.2) is 29.4 Å². The minimum absolute atomic E-state index is 0.664. The molecule has 0 atom stereocenters. The van der Waals surface area contributed by atoms with Gasteiger partial charge in [0.1, 0.15) is 0 Å². The fraction of sp³-hybridized carbons (Fsp3) is 0. The van der Waals surface area contributed by atoms with Crippen molar-refractivity contribution in [2.45, 2.75) is 0 Å². The van der Waals surface area contributed by atoms with Crippen LogP contribution >= 0.6 is 11.6 Å². The number of hydrogen-bond acceptors (Lipinski definition) is 2. The lowest BCUT2D eigenvalue weighted by molar-refractivity contribution is 1.26. The molecule has 0 aliphatic heterocycles. The first-order valence-corrected chi connectivity index (χ1v) is 3.20. The molecular formula is C7H7ClN2. The summed E-state index contributed by atoms with van der Waals surface area (Å²) < 4.78 is 0. The summed E-state index contributed by atoms with van der Waals surface area (Å²) in [5.41, 5.74) is 0.840. The average Bonchev–Trinajstić information content (AvgIpc) is 1.94. The molecule has 0 amide bonds. The molecule has 3 heteroatoms. The predicted molar refractivity (Wildman–Crippen MR) is 43.2 cm³/mol. The lowest BCUT2D eigenvalue weighted by atomic mass is 10.2. The van der Waals surface area contributed by atoms with Crippen LogP contribution in [0.5, 0.6) is 0 Å². The molecule has 0 aliphatic carbocycles. The van der Waals surface area contributed by atoms with Crippen LogP contribution in [0.4, 0.5) is 0 Å². The van der Waals surface area contributed by atoms with Crippen molar-refractivity contribution in [1.29, 1.82) is 0 Å². The number of nitrogens with zero attached hydrogens (tertiary/aromatic N) is 1. The van der Waals surface area contributed by atoms with Crippen molar-refractivity contribution in [1.82, 2.24) is 0 Å². The summed E-state index contributed by atoms with van der Waals surface area (Å²) >= 11 is 5.76. The van der Waals surface area contributed by atoms with Crippen molar-refractivity contribution in [2.24, 2.45) is 10.9 Å². The monoisotopic (exact) mass is 154 g/mol. The number of hydrogen-bond donors (Lipinski definition) is 1. The van der Waals surface area contributed by atoms with Gasteiger partial charge < -0.3 is 5.84 Å². The second-order valence-electron chi connectivity index (χ2n) is 1.80. The fourth-order valence-corrected chi connectivity index (χ4v) is 0.845. The van der Waals surface area contributed by atoms with Gasteiger partial charge in [0, 0.05) is 10.6 Å². The van der Waals surface area contributed by atoms with E-state index in [-0.39, 0.29) is 0 Å². The van der Waals surface area contributed by atoms with Crippen molar-refractivity contribution in [2.75, 3.05) is 0 Å². The first-order valence-electron chi connectivity index (χ1n) is 2.82. The largest absolute Gasteiger partial charge is 0.323 e. The quantitative estimate of drug-likeness (QED) is 0.373. The molecule has 1 rings (SSSR count). The zero-order valence-electron chi connectivity index (χ0n) is 5.29. The van der Waals surface area contributed by atoms with E-state index < -0.39 is 0 Å². The lowest BCUT2D eigenvalue weighted by Crippen LogP contribution is -1.86. The van der Waals surface area contributed by atoms with E-state index in [9.17, 15) is 0 Å². The molecule has 10 heavy (non-hydrogen) atoms. The number of nitrogens with two attached hydrogens (primary N) is 1. The van der Waals surface area contributed by atoms with Crippen LogP contribution in [0.3, 0.4) is 0 Å². The molecule has 1 aromatic carbocycles. The SMILES string of the molecule is NN=Cc1ccccc1Cl. The van der Waals surface area contributed by atoms with Gasteiger partial charge in [-0.05, 0) is 6.07 Å². The van der Waals surface area contributed by atoms with Crippen molar-refractivity contribution in [3.05, 3.63) is 34.9 Å². The topological polar surface area (TPSA) is 38.4 Å². The number of rotatable bonds is 1. The number of halogens is 1. The molecule has 52 valence electrons. The van der Waals surface area contributed by atoms with Crippen molar-refractivity contribution in [3.63, 3.8) is 0 Å². The van der Waals surface area contributed by atoms with Gasteiger partial charge in [0.25, 0.3) is 0 Å². The highest BCUT2D eigenvalue weighted by Gasteiger charge is 1.91. The van der Waals surface area contributed by atoms with E-state index in [4.69, 9.17) is 17.4 Å².